The highest BCUT2D eigenvalue weighted by molar-refractivity contribution is 6.52. The van der Waals surface area contributed by atoms with Crippen LogP contribution in [-0.4, -0.2) is 22.4 Å². The van der Waals surface area contributed by atoms with Crippen LogP contribution in [0.4, 0.5) is 0 Å². The number of hydrogen-bond donors (Lipinski definition) is 0. The minimum atomic E-state index is -0.868. The lowest BCUT2D eigenvalue weighted by molar-refractivity contribution is 0.238. The number of ether oxygens (including phenoxy) is 1. The minimum absolute atomic E-state index is 0.722. The van der Waals surface area contributed by atoms with E-state index in [2.05, 4.69) is 13.5 Å². The number of methoxy groups -OCH3 is 1. The molecular formula is C12H17O2Si. The van der Waals surface area contributed by atoms with Crippen LogP contribution in [-0.2, 0) is 4.74 Å². The predicted molar refractivity (Wildman–Crippen MR) is 65.3 cm³/mol. The van der Waals surface area contributed by atoms with E-state index in [9.17, 15) is 0 Å². The summed E-state index contributed by atoms with van der Waals surface area (Å²) in [5, 5.41) is 0. The molecule has 0 aliphatic rings. The molecule has 0 atom stereocenters. The second-order valence-corrected chi connectivity index (χ2v) is 5.48. The fourth-order valence-electron chi connectivity index (χ4n) is 1.24. The van der Waals surface area contributed by atoms with Crippen LogP contribution in [0.25, 0.3) is 6.08 Å². The second-order valence-electron chi connectivity index (χ2n) is 3.20. The SMILES string of the molecule is C=Cc1cccc(O[Si](CC)COC)c1. The summed E-state index contributed by atoms with van der Waals surface area (Å²) < 4.78 is 11.0. The molecule has 0 unspecified atom stereocenters. The average molecular weight is 221 g/mol. The van der Waals surface area contributed by atoms with Gasteiger partial charge in [-0.25, -0.2) is 0 Å². The van der Waals surface area contributed by atoms with E-state index in [1.165, 1.54) is 0 Å². The maximum atomic E-state index is 5.88. The van der Waals surface area contributed by atoms with Crippen molar-refractivity contribution in [2.45, 2.75) is 13.0 Å². The normalized spacial score (nSPS) is 10.3. The molecule has 0 spiro atoms. The fraction of sp³-hybridized carbons (Fsp3) is 0.333. The summed E-state index contributed by atoms with van der Waals surface area (Å²) in [6, 6.07) is 9.01. The highest BCUT2D eigenvalue weighted by Gasteiger charge is 2.12. The topological polar surface area (TPSA) is 18.5 Å². The molecule has 0 aromatic heterocycles. The highest BCUT2D eigenvalue weighted by Crippen LogP contribution is 2.15. The van der Waals surface area contributed by atoms with E-state index >= 15 is 0 Å². The second kappa shape index (κ2) is 6.43. The van der Waals surface area contributed by atoms with Crippen LogP contribution in [0, 0.1) is 0 Å². The molecule has 0 aliphatic carbocycles. The molecule has 0 saturated carbocycles. The van der Waals surface area contributed by atoms with Gasteiger partial charge in [0.1, 0.15) is 5.75 Å². The molecular weight excluding hydrogens is 204 g/mol. The van der Waals surface area contributed by atoms with E-state index in [1.807, 2.05) is 30.3 Å². The summed E-state index contributed by atoms with van der Waals surface area (Å²) in [6.45, 7) is 5.87. The van der Waals surface area contributed by atoms with Crippen LogP contribution in [0.3, 0.4) is 0 Å². The Labute approximate surface area is 93.3 Å². The van der Waals surface area contributed by atoms with Crippen molar-refractivity contribution in [1.82, 2.24) is 0 Å². The van der Waals surface area contributed by atoms with Crippen molar-refractivity contribution in [3.63, 3.8) is 0 Å². The summed E-state index contributed by atoms with van der Waals surface area (Å²) in [4.78, 5) is 0. The first-order valence-corrected chi connectivity index (χ1v) is 6.86. The molecule has 0 N–H and O–H groups in total. The van der Waals surface area contributed by atoms with Gasteiger partial charge in [-0.05, 0) is 23.7 Å². The van der Waals surface area contributed by atoms with Gasteiger partial charge in [0.05, 0.1) is 6.23 Å². The zero-order valence-corrected chi connectivity index (χ0v) is 10.3. The molecule has 1 aromatic carbocycles. The van der Waals surface area contributed by atoms with E-state index in [1.54, 1.807) is 7.11 Å². The molecule has 1 radical (unpaired) electrons. The lowest BCUT2D eigenvalue weighted by Gasteiger charge is -2.14. The van der Waals surface area contributed by atoms with Crippen molar-refractivity contribution in [3.8, 4) is 5.75 Å². The Morgan fingerprint density at radius 1 is 1.47 bits per heavy atom. The Kier molecular flexibility index (Phi) is 5.14. The number of benzene rings is 1. The van der Waals surface area contributed by atoms with E-state index < -0.39 is 9.04 Å². The van der Waals surface area contributed by atoms with E-state index in [-0.39, 0.29) is 0 Å². The third-order valence-corrected chi connectivity index (χ3v) is 3.98. The molecule has 15 heavy (non-hydrogen) atoms. The molecule has 0 aliphatic heterocycles. The minimum Gasteiger partial charge on any atom is -0.540 e. The van der Waals surface area contributed by atoms with E-state index in [0.29, 0.717) is 0 Å². The van der Waals surface area contributed by atoms with Crippen LogP contribution in [0.5, 0.6) is 5.75 Å². The zero-order chi connectivity index (χ0) is 11.1. The molecule has 0 heterocycles. The van der Waals surface area contributed by atoms with E-state index in [0.717, 1.165) is 23.6 Å². The third kappa shape index (κ3) is 3.89. The Bertz CT molecular complexity index is 312. The van der Waals surface area contributed by atoms with Gasteiger partial charge in [0.2, 0.25) is 0 Å². The molecule has 2 nitrogen and oxygen atoms in total. The van der Waals surface area contributed by atoms with Gasteiger partial charge in [-0.2, -0.15) is 0 Å². The molecule has 1 rings (SSSR count). The average Bonchev–Trinajstić information content (AvgIpc) is 2.29. The van der Waals surface area contributed by atoms with Gasteiger partial charge in [0.15, 0.2) is 0 Å². The van der Waals surface area contributed by atoms with Crippen LogP contribution in [0.2, 0.25) is 6.04 Å². The van der Waals surface area contributed by atoms with Gasteiger partial charge in [0, 0.05) is 7.11 Å². The summed E-state index contributed by atoms with van der Waals surface area (Å²) in [5.41, 5.74) is 1.09. The summed E-state index contributed by atoms with van der Waals surface area (Å²) in [7, 11) is 0.844. The Balaban J connectivity index is 2.65. The number of rotatable bonds is 6. The quantitative estimate of drug-likeness (QED) is 0.688. The van der Waals surface area contributed by atoms with Gasteiger partial charge in [-0.15, -0.1) is 0 Å². The maximum absolute atomic E-state index is 5.88. The first-order valence-electron chi connectivity index (χ1n) is 5.04. The Hall–Kier alpha value is -1.06. The van der Waals surface area contributed by atoms with Gasteiger partial charge >= 0.3 is 9.04 Å². The van der Waals surface area contributed by atoms with Crippen molar-refractivity contribution in [1.29, 1.82) is 0 Å². The first-order chi connectivity index (χ1) is 7.30. The lowest BCUT2D eigenvalue weighted by Crippen LogP contribution is -2.26. The highest BCUT2D eigenvalue weighted by atomic mass is 28.3. The smallest absolute Gasteiger partial charge is 0.307 e. The summed E-state index contributed by atoms with van der Waals surface area (Å²) in [6.07, 6.45) is 2.54. The monoisotopic (exact) mass is 221 g/mol. The van der Waals surface area contributed by atoms with Crippen molar-refractivity contribution < 1.29 is 9.16 Å². The Morgan fingerprint density at radius 3 is 2.87 bits per heavy atom. The van der Waals surface area contributed by atoms with Gasteiger partial charge in [0.25, 0.3) is 0 Å². The van der Waals surface area contributed by atoms with Crippen molar-refractivity contribution in [3.05, 3.63) is 36.4 Å². The van der Waals surface area contributed by atoms with Gasteiger partial charge in [-0.3, -0.25) is 0 Å². The molecule has 0 bridgehead atoms. The van der Waals surface area contributed by atoms with Crippen LogP contribution < -0.4 is 4.43 Å². The largest absolute Gasteiger partial charge is 0.540 e. The maximum Gasteiger partial charge on any atom is 0.307 e. The zero-order valence-electron chi connectivity index (χ0n) is 9.32. The molecule has 0 fully saturated rings. The van der Waals surface area contributed by atoms with Crippen LogP contribution >= 0.6 is 0 Å². The molecule has 0 amide bonds. The molecule has 0 saturated heterocycles. The fourth-order valence-corrected chi connectivity index (χ4v) is 2.43. The Morgan fingerprint density at radius 2 is 2.27 bits per heavy atom. The predicted octanol–water partition coefficient (Wildman–Crippen LogP) is 2.91. The molecule has 1 aromatic rings. The standard InChI is InChI=1S/C12H17O2Si/c1-4-11-7-6-8-12(9-11)14-15(5-2)10-13-3/h4,6-9H,1,5,10H2,2-3H3. The lowest BCUT2D eigenvalue weighted by atomic mass is 10.2. The number of hydrogen-bond acceptors (Lipinski definition) is 2. The van der Waals surface area contributed by atoms with Crippen molar-refractivity contribution >= 4 is 15.1 Å². The van der Waals surface area contributed by atoms with Crippen LogP contribution in [0.1, 0.15) is 12.5 Å². The van der Waals surface area contributed by atoms with Gasteiger partial charge in [-0.1, -0.05) is 31.7 Å². The molecule has 3 heteroatoms. The van der Waals surface area contributed by atoms with E-state index in [4.69, 9.17) is 9.16 Å². The van der Waals surface area contributed by atoms with Crippen molar-refractivity contribution in [2.24, 2.45) is 0 Å². The molecule has 81 valence electrons. The van der Waals surface area contributed by atoms with Crippen molar-refractivity contribution in [2.75, 3.05) is 13.3 Å². The van der Waals surface area contributed by atoms with Crippen LogP contribution in [0.15, 0.2) is 30.8 Å². The summed E-state index contributed by atoms with van der Waals surface area (Å²) in [5.74, 6) is 0.917. The summed E-state index contributed by atoms with van der Waals surface area (Å²) >= 11 is 0. The van der Waals surface area contributed by atoms with Gasteiger partial charge < -0.3 is 9.16 Å². The first kappa shape index (κ1) is 12.0. The third-order valence-electron chi connectivity index (χ3n) is 2.06.